The summed E-state index contributed by atoms with van der Waals surface area (Å²) in [6.45, 7) is -1.17. The molecular formula is C14H22F2O3. The molecule has 3 fully saturated rings. The van der Waals surface area contributed by atoms with E-state index in [4.69, 9.17) is 9.47 Å². The van der Waals surface area contributed by atoms with Crippen LogP contribution in [0.25, 0.3) is 0 Å². The monoisotopic (exact) mass is 276 g/mol. The van der Waals surface area contributed by atoms with Crippen molar-refractivity contribution in [2.24, 2.45) is 11.3 Å². The maximum absolute atomic E-state index is 12.3. The molecule has 19 heavy (non-hydrogen) atoms. The molecule has 0 aromatic heterocycles. The highest BCUT2D eigenvalue weighted by Gasteiger charge is 2.48. The lowest BCUT2D eigenvalue weighted by Crippen LogP contribution is -2.42. The average molecular weight is 276 g/mol. The standard InChI is InChI=1S/C14H22F2O3/c15-12(16)17-10-13(9-11-1-2-11)3-5-14(6-4-13)18-7-8-19-14/h11-12H,1-10H2. The van der Waals surface area contributed by atoms with Crippen molar-refractivity contribution in [3.8, 4) is 0 Å². The third-order valence-corrected chi connectivity index (χ3v) is 4.82. The van der Waals surface area contributed by atoms with Gasteiger partial charge in [0, 0.05) is 12.8 Å². The van der Waals surface area contributed by atoms with Crippen LogP contribution in [0.1, 0.15) is 44.9 Å². The second-order valence-electron chi connectivity index (χ2n) is 6.33. The third kappa shape index (κ3) is 3.26. The molecule has 1 spiro atoms. The van der Waals surface area contributed by atoms with Crippen LogP contribution in [0.2, 0.25) is 0 Å². The molecule has 0 N–H and O–H groups in total. The molecule has 0 atom stereocenters. The van der Waals surface area contributed by atoms with E-state index in [1.54, 1.807) is 0 Å². The lowest BCUT2D eigenvalue weighted by atomic mass is 9.69. The molecule has 2 aliphatic carbocycles. The Hall–Kier alpha value is -0.260. The van der Waals surface area contributed by atoms with Gasteiger partial charge in [-0.15, -0.1) is 0 Å². The van der Waals surface area contributed by atoms with E-state index in [9.17, 15) is 8.78 Å². The fourth-order valence-corrected chi connectivity index (χ4v) is 3.53. The summed E-state index contributed by atoms with van der Waals surface area (Å²) in [5.74, 6) is 0.304. The lowest BCUT2D eigenvalue weighted by molar-refractivity contribution is -0.210. The quantitative estimate of drug-likeness (QED) is 0.771. The minimum Gasteiger partial charge on any atom is -0.348 e. The number of hydrogen-bond donors (Lipinski definition) is 0. The van der Waals surface area contributed by atoms with Crippen LogP contribution in [-0.4, -0.2) is 32.2 Å². The largest absolute Gasteiger partial charge is 0.348 e. The van der Waals surface area contributed by atoms with Crippen molar-refractivity contribution >= 4 is 0 Å². The van der Waals surface area contributed by atoms with Crippen LogP contribution in [0.5, 0.6) is 0 Å². The fourth-order valence-electron chi connectivity index (χ4n) is 3.53. The summed E-state index contributed by atoms with van der Waals surface area (Å²) in [7, 11) is 0. The molecule has 3 nitrogen and oxygen atoms in total. The maximum Gasteiger partial charge on any atom is 0.345 e. The van der Waals surface area contributed by atoms with Crippen LogP contribution >= 0.6 is 0 Å². The van der Waals surface area contributed by atoms with Gasteiger partial charge in [-0.3, -0.25) is 0 Å². The molecule has 2 saturated carbocycles. The predicted octanol–water partition coefficient (Wildman–Crippen LogP) is 3.33. The highest BCUT2D eigenvalue weighted by Crippen LogP contribution is 2.51. The van der Waals surface area contributed by atoms with Crippen LogP contribution in [0.3, 0.4) is 0 Å². The Labute approximate surface area is 112 Å². The van der Waals surface area contributed by atoms with Gasteiger partial charge in [0.1, 0.15) is 0 Å². The summed E-state index contributed by atoms with van der Waals surface area (Å²) in [5.41, 5.74) is -0.0852. The molecule has 3 aliphatic rings. The van der Waals surface area contributed by atoms with E-state index in [1.165, 1.54) is 12.8 Å². The molecule has 5 heteroatoms. The average Bonchev–Trinajstić information content (AvgIpc) is 3.09. The van der Waals surface area contributed by atoms with Gasteiger partial charge in [0.25, 0.3) is 0 Å². The van der Waals surface area contributed by atoms with Gasteiger partial charge in [0.15, 0.2) is 5.79 Å². The van der Waals surface area contributed by atoms with E-state index in [0.29, 0.717) is 13.2 Å². The summed E-state index contributed by atoms with van der Waals surface area (Å²) in [6, 6.07) is 0. The molecule has 0 bridgehead atoms. The maximum atomic E-state index is 12.3. The first-order valence-electron chi connectivity index (χ1n) is 7.29. The zero-order chi connectivity index (χ0) is 13.3. The van der Waals surface area contributed by atoms with E-state index < -0.39 is 12.4 Å². The summed E-state index contributed by atoms with van der Waals surface area (Å²) in [5, 5.41) is 0. The number of ether oxygens (including phenoxy) is 3. The molecule has 0 aromatic rings. The SMILES string of the molecule is FC(F)OCC1(CC2CC2)CCC2(CC1)OCCO2. The molecule has 1 saturated heterocycles. The van der Waals surface area contributed by atoms with Crippen molar-refractivity contribution in [2.45, 2.75) is 57.3 Å². The van der Waals surface area contributed by atoms with E-state index in [-0.39, 0.29) is 12.0 Å². The van der Waals surface area contributed by atoms with Crippen molar-refractivity contribution in [1.29, 1.82) is 0 Å². The van der Waals surface area contributed by atoms with Crippen molar-refractivity contribution in [3.63, 3.8) is 0 Å². The minimum absolute atomic E-state index is 0.0852. The lowest BCUT2D eigenvalue weighted by Gasteiger charge is -2.43. The Morgan fingerprint density at radius 1 is 1.05 bits per heavy atom. The predicted molar refractivity (Wildman–Crippen MR) is 64.8 cm³/mol. The zero-order valence-electron chi connectivity index (χ0n) is 11.2. The second kappa shape index (κ2) is 5.26. The van der Waals surface area contributed by atoms with Crippen molar-refractivity contribution < 1.29 is 23.0 Å². The van der Waals surface area contributed by atoms with Crippen molar-refractivity contribution in [2.75, 3.05) is 19.8 Å². The summed E-state index contributed by atoms with van der Waals surface area (Å²) in [6.07, 6.45) is 6.88. The highest BCUT2D eigenvalue weighted by molar-refractivity contribution is 4.94. The highest BCUT2D eigenvalue weighted by atomic mass is 19.3. The molecule has 1 aliphatic heterocycles. The van der Waals surface area contributed by atoms with Crippen LogP contribution in [0.15, 0.2) is 0 Å². The van der Waals surface area contributed by atoms with Crippen LogP contribution in [0, 0.1) is 11.3 Å². The van der Waals surface area contributed by atoms with Crippen molar-refractivity contribution in [3.05, 3.63) is 0 Å². The van der Waals surface area contributed by atoms with Gasteiger partial charge in [-0.1, -0.05) is 12.8 Å². The Kier molecular flexibility index (Phi) is 3.80. The normalized spacial score (nSPS) is 29.2. The van der Waals surface area contributed by atoms with Crippen molar-refractivity contribution in [1.82, 2.24) is 0 Å². The number of alkyl halides is 2. The van der Waals surface area contributed by atoms with Crippen LogP contribution < -0.4 is 0 Å². The zero-order valence-corrected chi connectivity index (χ0v) is 11.2. The summed E-state index contributed by atoms with van der Waals surface area (Å²) >= 11 is 0. The van der Waals surface area contributed by atoms with Gasteiger partial charge >= 0.3 is 6.61 Å². The van der Waals surface area contributed by atoms with E-state index >= 15 is 0 Å². The number of halogens is 2. The Bertz CT molecular complexity index is 302. The molecule has 0 unspecified atom stereocenters. The fraction of sp³-hybridized carbons (Fsp3) is 1.00. The number of rotatable bonds is 5. The molecule has 0 aromatic carbocycles. The Balaban J connectivity index is 1.60. The minimum atomic E-state index is -2.66. The third-order valence-electron chi connectivity index (χ3n) is 4.82. The molecule has 1 heterocycles. The first-order chi connectivity index (χ1) is 9.12. The molecule has 0 amide bonds. The first-order valence-corrected chi connectivity index (χ1v) is 7.29. The van der Waals surface area contributed by atoms with Crippen LogP contribution in [0.4, 0.5) is 8.78 Å². The summed E-state index contributed by atoms with van der Waals surface area (Å²) in [4.78, 5) is 0. The smallest absolute Gasteiger partial charge is 0.345 e. The molecule has 110 valence electrons. The van der Waals surface area contributed by atoms with E-state index in [0.717, 1.165) is 38.0 Å². The van der Waals surface area contributed by atoms with Gasteiger partial charge in [0.2, 0.25) is 0 Å². The van der Waals surface area contributed by atoms with Gasteiger partial charge in [-0.25, -0.2) is 0 Å². The first kappa shape index (κ1) is 13.7. The molecular weight excluding hydrogens is 254 g/mol. The molecule has 3 rings (SSSR count). The van der Waals surface area contributed by atoms with E-state index in [2.05, 4.69) is 4.74 Å². The van der Waals surface area contributed by atoms with Gasteiger partial charge < -0.3 is 14.2 Å². The van der Waals surface area contributed by atoms with Gasteiger partial charge in [-0.05, 0) is 30.6 Å². The van der Waals surface area contributed by atoms with Gasteiger partial charge in [0.05, 0.1) is 19.8 Å². The van der Waals surface area contributed by atoms with Crippen LogP contribution in [-0.2, 0) is 14.2 Å². The summed E-state index contributed by atoms with van der Waals surface area (Å²) < 4.78 is 40.7. The number of hydrogen-bond acceptors (Lipinski definition) is 3. The topological polar surface area (TPSA) is 27.7 Å². The second-order valence-corrected chi connectivity index (χ2v) is 6.33. The van der Waals surface area contributed by atoms with E-state index in [1.807, 2.05) is 0 Å². The Morgan fingerprint density at radius 2 is 1.68 bits per heavy atom. The molecule has 0 radical (unpaired) electrons. The van der Waals surface area contributed by atoms with Gasteiger partial charge in [-0.2, -0.15) is 8.78 Å². The Morgan fingerprint density at radius 3 is 2.21 bits per heavy atom.